The number of benzene rings is 1. The molecule has 0 amide bonds. The van der Waals surface area contributed by atoms with Crippen molar-refractivity contribution < 1.29 is 9.47 Å². The van der Waals surface area contributed by atoms with E-state index in [9.17, 15) is 0 Å². The molecule has 1 unspecified atom stereocenters. The van der Waals surface area contributed by atoms with Gasteiger partial charge >= 0.3 is 0 Å². The molecule has 0 aliphatic heterocycles. The van der Waals surface area contributed by atoms with Gasteiger partial charge in [0.2, 0.25) is 0 Å². The van der Waals surface area contributed by atoms with Crippen LogP contribution in [-0.2, 0) is 4.74 Å². The van der Waals surface area contributed by atoms with Crippen LogP contribution in [0.5, 0.6) is 5.75 Å². The summed E-state index contributed by atoms with van der Waals surface area (Å²) < 4.78 is 10.4. The van der Waals surface area contributed by atoms with E-state index < -0.39 is 0 Å². The Labute approximate surface area is 123 Å². The summed E-state index contributed by atoms with van der Waals surface area (Å²) in [5.41, 5.74) is 1.56. The zero-order chi connectivity index (χ0) is 15.0. The third-order valence-electron chi connectivity index (χ3n) is 3.74. The standard InChI is InChI=1S/C17H29NO2/c1-6-16(14-7-9-15(20-5)10-8-14)18-13-17(2,3)11-12-19-4/h7-10,16,18H,6,11-13H2,1-5H3. The molecule has 3 nitrogen and oxygen atoms in total. The van der Waals surface area contributed by atoms with E-state index in [1.165, 1.54) is 5.56 Å². The average molecular weight is 279 g/mol. The van der Waals surface area contributed by atoms with Gasteiger partial charge in [0.25, 0.3) is 0 Å². The normalized spacial score (nSPS) is 13.2. The Balaban J connectivity index is 2.57. The maximum absolute atomic E-state index is 5.21. The van der Waals surface area contributed by atoms with E-state index in [2.05, 4.69) is 38.2 Å². The fourth-order valence-electron chi connectivity index (χ4n) is 2.20. The summed E-state index contributed by atoms with van der Waals surface area (Å²) in [4.78, 5) is 0. The molecule has 0 spiro atoms. The smallest absolute Gasteiger partial charge is 0.118 e. The SMILES string of the molecule is CCC(NCC(C)(C)CCOC)c1ccc(OC)cc1. The van der Waals surface area contributed by atoms with Crippen molar-refractivity contribution in [3.8, 4) is 5.75 Å². The highest BCUT2D eigenvalue weighted by atomic mass is 16.5. The lowest BCUT2D eigenvalue weighted by molar-refractivity contribution is 0.148. The Bertz CT molecular complexity index is 373. The van der Waals surface area contributed by atoms with Gasteiger partial charge in [-0.2, -0.15) is 0 Å². The van der Waals surface area contributed by atoms with Gasteiger partial charge in [-0.3, -0.25) is 0 Å². The maximum atomic E-state index is 5.21. The van der Waals surface area contributed by atoms with Crippen molar-refractivity contribution in [2.75, 3.05) is 27.4 Å². The van der Waals surface area contributed by atoms with Crippen molar-refractivity contribution >= 4 is 0 Å². The van der Waals surface area contributed by atoms with Gasteiger partial charge in [0.05, 0.1) is 7.11 Å². The van der Waals surface area contributed by atoms with E-state index in [0.717, 1.165) is 31.7 Å². The minimum Gasteiger partial charge on any atom is -0.497 e. The lowest BCUT2D eigenvalue weighted by Gasteiger charge is -2.28. The molecule has 0 fully saturated rings. The van der Waals surface area contributed by atoms with Crippen molar-refractivity contribution in [3.05, 3.63) is 29.8 Å². The maximum Gasteiger partial charge on any atom is 0.118 e. The summed E-state index contributed by atoms with van der Waals surface area (Å²) in [6.45, 7) is 8.57. The Morgan fingerprint density at radius 2 is 1.80 bits per heavy atom. The van der Waals surface area contributed by atoms with Gasteiger partial charge in [-0.15, -0.1) is 0 Å². The molecule has 0 aliphatic carbocycles. The first-order valence-corrected chi connectivity index (χ1v) is 7.38. The first-order valence-electron chi connectivity index (χ1n) is 7.38. The van der Waals surface area contributed by atoms with E-state index in [4.69, 9.17) is 9.47 Å². The topological polar surface area (TPSA) is 30.5 Å². The van der Waals surface area contributed by atoms with E-state index in [-0.39, 0.29) is 5.41 Å². The van der Waals surface area contributed by atoms with Gasteiger partial charge < -0.3 is 14.8 Å². The summed E-state index contributed by atoms with van der Waals surface area (Å²) in [5.74, 6) is 0.907. The van der Waals surface area contributed by atoms with Gasteiger partial charge in [0, 0.05) is 26.3 Å². The van der Waals surface area contributed by atoms with Crippen LogP contribution in [0.15, 0.2) is 24.3 Å². The lowest BCUT2D eigenvalue weighted by atomic mass is 9.89. The Morgan fingerprint density at radius 1 is 1.15 bits per heavy atom. The van der Waals surface area contributed by atoms with Crippen LogP contribution in [0.1, 0.15) is 45.2 Å². The van der Waals surface area contributed by atoms with Crippen molar-refractivity contribution in [1.82, 2.24) is 5.32 Å². The highest BCUT2D eigenvalue weighted by molar-refractivity contribution is 5.29. The van der Waals surface area contributed by atoms with Crippen molar-refractivity contribution in [3.63, 3.8) is 0 Å². The van der Waals surface area contributed by atoms with Crippen LogP contribution >= 0.6 is 0 Å². The zero-order valence-corrected chi connectivity index (χ0v) is 13.5. The predicted octanol–water partition coefficient (Wildman–Crippen LogP) is 3.80. The van der Waals surface area contributed by atoms with Crippen LogP contribution < -0.4 is 10.1 Å². The van der Waals surface area contributed by atoms with Crippen LogP contribution in [0.4, 0.5) is 0 Å². The van der Waals surface area contributed by atoms with Gasteiger partial charge in [0.15, 0.2) is 0 Å². The first kappa shape index (κ1) is 17.0. The summed E-state index contributed by atoms with van der Waals surface area (Å²) in [6.07, 6.45) is 2.14. The van der Waals surface area contributed by atoms with Crippen molar-refractivity contribution in [1.29, 1.82) is 0 Å². The van der Waals surface area contributed by atoms with Crippen LogP contribution in [0.25, 0.3) is 0 Å². The Hall–Kier alpha value is -1.06. The van der Waals surface area contributed by atoms with Crippen LogP contribution in [0.2, 0.25) is 0 Å². The predicted molar refractivity (Wildman–Crippen MR) is 84.3 cm³/mol. The molecule has 0 radical (unpaired) electrons. The molecule has 0 heterocycles. The first-order chi connectivity index (χ1) is 9.52. The van der Waals surface area contributed by atoms with Crippen LogP contribution in [-0.4, -0.2) is 27.4 Å². The fraction of sp³-hybridized carbons (Fsp3) is 0.647. The number of ether oxygens (including phenoxy) is 2. The lowest BCUT2D eigenvalue weighted by Crippen LogP contribution is -2.33. The monoisotopic (exact) mass is 279 g/mol. The molecule has 1 atom stereocenters. The zero-order valence-electron chi connectivity index (χ0n) is 13.5. The molecule has 0 saturated heterocycles. The molecule has 1 N–H and O–H groups in total. The van der Waals surface area contributed by atoms with Crippen molar-refractivity contribution in [2.24, 2.45) is 5.41 Å². The molecule has 0 aromatic heterocycles. The highest BCUT2D eigenvalue weighted by Gasteiger charge is 2.19. The van der Waals surface area contributed by atoms with Crippen LogP contribution in [0, 0.1) is 5.41 Å². The molecule has 1 aromatic carbocycles. The summed E-state index contributed by atoms with van der Waals surface area (Å²) in [7, 11) is 3.46. The summed E-state index contributed by atoms with van der Waals surface area (Å²) in [5, 5.41) is 3.68. The molecule has 1 rings (SSSR count). The summed E-state index contributed by atoms with van der Waals surface area (Å²) >= 11 is 0. The Kier molecular flexibility index (Phi) is 7.03. The number of rotatable bonds is 9. The molecule has 0 bridgehead atoms. The third-order valence-corrected chi connectivity index (χ3v) is 3.74. The van der Waals surface area contributed by atoms with Crippen molar-refractivity contribution in [2.45, 2.75) is 39.7 Å². The molecule has 0 saturated carbocycles. The summed E-state index contributed by atoms with van der Waals surface area (Å²) in [6, 6.07) is 8.72. The second-order valence-corrected chi connectivity index (χ2v) is 6.02. The van der Waals surface area contributed by atoms with Gasteiger partial charge in [-0.25, -0.2) is 0 Å². The van der Waals surface area contributed by atoms with Gasteiger partial charge in [-0.05, 0) is 36.0 Å². The molecular formula is C17H29NO2. The molecule has 20 heavy (non-hydrogen) atoms. The van der Waals surface area contributed by atoms with Gasteiger partial charge in [0.1, 0.15) is 5.75 Å². The quantitative estimate of drug-likeness (QED) is 0.746. The fourth-order valence-corrected chi connectivity index (χ4v) is 2.20. The number of hydrogen-bond acceptors (Lipinski definition) is 3. The second kappa shape index (κ2) is 8.28. The minimum absolute atomic E-state index is 0.246. The number of methoxy groups -OCH3 is 2. The molecule has 3 heteroatoms. The molecule has 114 valence electrons. The van der Waals surface area contributed by atoms with E-state index in [1.54, 1.807) is 14.2 Å². The second-order valence-electron chi connectivity index (χ2n) is 6.02. The van der Waals surface area contributed by atoms with E-state index >= 15 is 0 Å². The third kappa shape index (κ3) is 5.51. The molecular weight excluding hydrogens is 250 g/mol. The molecule has 0 aliphatic rings. The largest absolute Gasteiger partial charge is 0.497 e. The van der Waals surface area contributed by atoms with Gasteiger partial charge in [-0.1, -0.05) is 32.9 Å². The number of nitrogens with one attached hydrogen (secondary N) is 1. The Morgan fingerprint density at radius 3 is 2.30 bits per heavy atom. The van der Waals surface area contributed by atoms with E-state index in [1.807, 2.05) is 12.1 Å². The molecule has 1 aromatic rings. The number of hydrogen-bond donors (Lipinski definition) is 1. The highest BCUT2D eigenvalue weighted by Crippen LogP contribution is 2.24. The minimum atomic E-state index is 0.246. The van der Waals surface area contributed by atoms with E-state index in [0.29, 0.717) is 6.04 Å². The van der Waals surface area contributed by atoms with Crippen LogP contribution in [0.3, 0.4) is 0 Å². The average Bonchev–Trinajstić information content (AvgIpc) is 2.46.